The van der Waals surface area contributed by atoms with Crippen molar-refractivity contribution in [3.63, 3.8) is 0 Å². The molecule has 1 rings (SSSR count). The van der Waals surface area contributed by atoms with E-state index < -0.39 is 0 Å². The van der Waals surface area contributed by atoms with Crippen LogP contribution in [0.1, 0.15) is 17.4 Å². The molecule has 0 saturated heterocycles. The molecule has 1 heterocycles. The Hall–Kier alpha value is -0.710. The zero-order valence-electron chi connectivity index (χ0n) is 7.54. The fourth-order valence-corrected chi connectivity index (χ4v) is 1.76. The lowest BCUT2D eigenvalue weighted by molar-refractivity contribution is 0.0831. The second-order valence-electron chi connectivity index (χ2n) is 2.70. The average Bonchev–Trinajstić information content (AvgIpc) is 2.53. The zero-order valence-corrected chi connectivity index (χ0v) is 8.36. The SMILES string of the molecule is CC(=N)c1csc(COCCO)c1. The van der Waals surface area contributed by atoms with Gasteiger partial charge in [-0.25, -0.2) is 0 Å². The first kappa shape index (κ1) is 10.4. The van der Waals surface area contributed by atoms with Gasteiger partial charge in [-0.3, -0.25) is 0 Å². The third-order valence-corrected chi connectivity index (χ3v) is 2.48. The first-order valence-corrected chi connectivity index (χ1v) is 4.93. The van der Waals surface area contributed by atoms with Gasteiger partial charge in [0.1, 0.15) is 0 Å². The van der Waals surface area contributed by atoms with E-state index in [-0.39, 0.29) is 6.61 Å². The number of aliphatic hydroxyl groups excluding tert-OH is 1. The third-order valence-electron chi connectivity index (χ3n) is 1.57. The Morgan fingerprint density at radius 3 is 3.00 bits per heavy atom. The van der Waals surface area contributed by atoms with Crippen molar-refractivity contribution in [1.29, 1.82) is 5.41 Å². The molecular formula is C9H13NO2S. The molecule has 0 aliphatic heterocycles. The second kappa shape index (κ2) is 5.11. The van der Waals surface area contributed by atoms with Crippen molar-refractivity contribution >= 4 is 17.0 Å². The number of thiophene rings is 1. The van der Waals surface area contributed by atoms with Crippen molar-refractivity contribution in [1.82, 2.24) is 0 Å². The van der Waals surface area contributed by atoms with E-state index in [1.54, 1.807) is 18.3 Å². The van der Waals surface area contributed by atoms with Crippen LogP contribution in [0.25, 0.3) is 0 Å². The van der Waals surface area contributed by atoms with Crippen molar-refractivity contribution in [2.45, 2.75) is 13.5 Å². The molecule has 0 amide bonds. The van der Waals surface area contributed by atoms with E-state index in [1.165, 1.54) is 0 Å². The Morgan fingerprint density at radius 1 is 1.69 bits per heavy atom. The van der Waals surface area contributed by atoms with Gasteiger partial charge in [0.25, 0.3) is 0 Å². The van der Waals surface area contributed by atoms with Gasteiger partial charge in [-0.2, -0.15) is 0 Å². The Morgan fingerprint density at radius 2 is 2.46 bits per heavy atom. The van der Waals surface area contributed by atoms with Crippen LogP contribution in [0.2, 0.25) is 0 Å². The molecule has 0 aromatic carbocycles. The summed E-state index contributed by atoms with van der Waals surface area (Å²) in [5.41, 5.74) is 1.53. The Kier molecular flexibility index (Phi) is 4.08. The predicted octanol–water partition coefficient (Wildman–Crippen LogP) is 1.64. The lowest BCUT2D eigenvalue weighted by atomic mass is 10.2. The smallest absolute Gasteiger partial charge is 0.0810 e. The van der Waals surface area contributed by atoms with Crippen molar-refractivity contribution < 1.29 is 9.84 Å². The molecule has 2 N–H and O–H groups in total. The van der Waals surface area contributed by atoms with E-state index in [0.717, 1.165) is 10.4 Å². The normalized spacial score (nSPS) is 10.3. The average molecular weight is 199 g/mol. The maximum absolute atomic E-state index is 8.48. The highest BCUT2D eigenvalue weighted by atomic mass is 32.1. The summed E-state index contributed by atoms with van der Waals surface area (Å²) in [5.74, 6) is 0. The van der Waals surface area contributed by atoms with Crippen LogP contribution in [0.3, 0.4) is 0 Å². The maximum Gasteiger partial charge on any atom is 0.0810 e. The molecule has 0 bridgehead atoms. The van der Waals surface area contributed by atoms with Gasteiger partial charge in [-0.1, -0.05) is 0 Å². The molecule has 4 heteroatoms. The minimum absolute atomic E-state index is 0.0574. The van der Waals surface area contributed by atoms with Crippen LogP contribution in [0.5, 0.6) is 0 Å². The summed E-state index contributed by atoms with van der Waals surface area (Å²) >= 11 is 1.58. The van der Waals surface area contributed by atoms with Crippen molar-refractivity contribution in [2.24, 2.45) is 0 Å². The molecule has 1 aromatic heterocycles. The summed E-state index contributed by atoms with van der Waals surface area (Å²) < 4.78 is 5.15. The standard InChI is InChI=1S/C9H13NO2S/c1-7(10)8-4-9(13-6-8)5-12-3-2-11/h4,6,10-11H,2-3,5H2,1H3. The number of nitrogens with one attached hydrogen (secondary N) is 1. The molecule has 0 spiro atoms. The van der Waals surface area contributed by atoms with Crippen LogP contribution in [-0.4, -0.2) is 24.0 Å². The van der Waals surface area contributed by atoms with E-state index >= 15 is 0 Å². The largest absolute Gasteiger partial charge is 0.394 e. The van der Waals surface area contributed by atoms with Crippen molar-refractivity contribution in [3.05, 3.63) is 21.9 Å². The zero-order chi connectivity index (χ0) is 9.68. The monoisotopic (exact) mass is 199 g/mol. The van der Waals surface area contributed by atoms with Crippen LogP contribution >= 0.6 is 11.3 Å². The molecule has 0 saturated carbocycles. The first-order chi connectivity index (χ1) is 6.24. The van der Waals surface area contributed by atoms with Crippen LogP contribution < -0.4 is 0 Å². The lowest BCUT2D eigenvalue weighted by Gasteiger charge is -1.97. The van der Waals surface area contributed by atoms with E-state index in [9.17, 15) is 0 Å². The predicted molar refractivity (Wildman–Crippen MR) is 53.6 cm³/mol. The molecule has 0 aliphatic rings. The third kappa shape index (κ3) is 3.26. The van der Waals surface area contributed by atoms with Crippen molar-refractivity contribution in [2.75, 3.05) is 13.2 Å². The Bertz CT molecular complexity index is 283. The molecule has 3 nitrogen and oxygen atoms in total. The van der Waals surface area contributed by atoms with Gasteiger partial charge in [-0.15, -0.1) is 11.3 Å². The van der Waals surface area contributed by atoms with Gasteiger partial charge in [0.15, 0.2) is 0 Å². The van der Waals surface area contributed by atoms with Gasteiger partial charge in [0.05, 0.1) is 19.8 Å². The van der Waals surface area contributed by atoms with Gasteiger partial charge >= 0.3 is 0 Å². The molecule has 0 radical (unpaired) electrons. The van der Waals surface area contributed by atoms with Gasteiger partial charge < -0.3 is 15.3 Å². The summed E-state index contributed by atoms with van der Waals surface area (Å²) in [5, 5.41) is 17.8. The van der Waals surface area contributed by atoms with Crippen LogP contribution in [0.4, 0.5) is 0 Å². The lowest BCUT2D eigenvalue weighted by Crippen LogP contribution is -1.97. The number of rotatable bonds is 5. The highest BCUT2D eigenvalue weighted by Gasteiger charge is 2.00. The Labute approximate surface area is 81.5 Å². The van der Waals surface area contributed by atoms with Crippen LogP contribution in [-0.2, 0) is 11.3 Å². The number of aliphatic hydroxyl groups is 1. The van der Waals surface area contributed by atoms with E-state index in [2.05, 4.69) is 0 Å². The summed E-state index contributed by atoms with van der Waals surface area (Å²) in [6.45, 7) is 2.72. The quantitative estimate of drug-likeness (QED) is 0.559. The van der Waals surface area contributed by atoms with E-state index in [0.29, 0.717) is 18.9 Å². The maximum atomic E-state index is 8.48. The van der Waals surface area contributed by atoms with Gasteiger partial charge in [-0.05, 0) is 13.0 Å². The molecule has 1 aromatic rings. The molecule has 0 aliphatic carbocycles. The molecule has 0 fully saturated rings. The fourth-order valence-electron chi connectivity index (χ4n) is 0.890. The van der Waals surface area contributed by atoms with E-state index in [4.69, 9.17) is 15.3 Å². The number of hydrogen-bond acceptors (Lipinski definition) is 4. The van der Waals surface area contributed by atoms with Gasteiger partial charge in [0.2, 0.25) is 0 Å². The molecule has 0 atom stereocenters. The Balaban J connectivity index is 2.44. The minimum atomic E-state index is 0.0574. The minimum Gasteiger partial charge on any atom is -0.394 e. The topological polar surface area (TPSA) is 53.3 Å². The van der Waals surface area contributed by atoms with Gasteiger partial charge in [0, 0.05) is 21.5 Å². The summed E-state index contributed by atoms with van der Waals surface area (Å²) in [6, 6.07) is 1.95. The highest BCUT2D eigenvalue weighted by molar-refractivity contribution is 7.10. The summed E-state index contributed by atoms with van der Waals surface area (Å²) in [7, 11) is 0. The number of ether oxygens (including phenoxy) is 1. The molecular weight excluding hydrogens is 186 g/mol. The van der Waals surface area contributed by atoms with E-state index in [1.807, 2.05) is 11.4 Å². The fraction of sp³-hybridized carbons (Fsp3) is 0.444. The second-order valence-corrected chi connectivity index (χ2v) is 3.70. The molecule has 72 valence electrons. The molecule has 13 heavy (non-hydrogen) atoms. The van der Waals surface area contributed by atoms with Crippen molar-refractivity contribution in [3.8, 4) is 0 Å². The molecule has 0 unspecified atom stereocenters. The summed E-state index contributed by atoms with van der Waals surface area (Å²) in [6.07, 6.45) is 0. The van der Waals surface area contributed by atoms with Crippen LogP contribution in [0, 0.1) is 5.41 Å². The first-order valence-electron chi connectivity index (χ1n) is 4.05. The highest BCUT2D eigenvalue weighted by Crippen LogP contribution is 2.15. The summed E-state index contributed by atoms with van der Waals surface area (Å²) in [4.78, 5) is 1.09. The van der Waals surface area contributed by atoms with Crippen LogP contribution in [0.15, 0.2) is 11.4 Å². The number of hydrogen-bond donors (Lipinski definition) is 2.